The minimum Gasteiger partial charge on any atom is -0.457 e. The van der Waals surface area contributed by atoms with E-state index in [-0.39, 0.29) is 92.7 Å². The van der Waals surface area contributed by atoms with Crippen molar-refractivity contribution in [2.24, 2.45) is 34.8 Å². The van der Waals surface area contributed by atoms with Gasteiger partial charge < -0.3 is 48.9 Å². The van der Waals surface area contributed by atoms with Crippen molar-refractivity contribution in [3.63, 3.8) is 0 Å². The van der Waals surface area contributed by atoms with Gasteiger partial charge in [0.1, 0.15) is 17.8 Å². The molecule has 0 aromatic rings. The Morgan fingerprint density at radius 1 is 0.947 bits per heavy atom. The normalized spacial score (nSPS) is 41.8. The molecular weight excluding hydrogens is 951 g/mol. The molecule has 2 saturated heterocycles. The first kappa shape index (κ1) is 52.0. The molecule has 0 aromatic heterocycles. The topological polar surface area (TPSA) is 182 Å². The van der Waals surface area contributed by atoms with Crippen molar-refractivity contribution in [3.05, 3.63) is 11.6 Å². The molecule has 0 saturated carbocycles. The van der Waals surface area contributed by atoms with Crippen LogP contribution in [0.1, 0.15) is 122 Å². The van der Waals surface area contributed by atoms with Crippen molar-refractivity contribution in [2.75, 3.05) is 14.1 Å². The molecule has 57 heavy (non-hydrogen) atoms. The van der Waals surface area contributed by atoms with E-state index >= 15 is 0 Å². The number of allylic oxidation sites excluding steroid dienone is 1. The SMILES string of the molecule is CCC(=O)O[C@@]1(C)/C=C(\C)C(=O)[C@H](C)C[C@@](C)(OC(N)=O)[C@H](O[C@@H]2O[C@H](C)C[C@H](N(C)C)[C@H]2C)[C@@H](C)[C@H](O[C@H]2CC(C)(C)[C@@H](O)[C@H](C)O2)[C@@H](C)C(=O)O[C@@H]1CC.[Ac]. The van der Waals surface area contributed by atoms with E-state index in [2.05, 4.69) is 4.90 Å². The number of hydrogen-bond acceptors (Lipinski definition) is 13. The van der Waals surface area contributed by atoms with Gasteiger partial charge in [0.15, 0.2) is 24.0 Å². The molecule has 3 heterocycles. The largest absolute Gasteiger partial charge is 0.457 e. The van der Waals surface area contributed by atoms with E-state index in [1.165, 1.54) is 0 Å². The molecule has 0 aromatic carbocycles. The van der Waals surface area contributed by atoms with Gasteiger partial charge in [-0.15, -0.1) is 0 Å². The summed E-state index contributed by atoms with van der Waals surface area (Å²) in [6.45, 7) is 23.3. The number of nitrogens with zero attached hydrogens (tertiary/aromatic N) is 1. The summed E-state index contributed by atoms with van der Waals surface area (Å²) in [6.07, 6.45) is -4.41. The maximum absolute atomic E-state index is 14.5. The average Bonchev–Trinajstić information content (AvgIpc) is 3.09. The molecule has 3 aliphatic heterocycles. The standard InChI is InChI=1S/C42H72N2O12.Ac/c1-16-30-41(12,55-31(45)17-2)19-22(3)33(46)23(4)20-42(13,56-39(43)49)36(54-38-25(6)29(44(14)15)18-24(5)50-38)26(7)34(27(8)37(48)52-30)53-32-21-40(10,11)35(47)28(9)51-32;/h19,23-30,32,34-36,38,47H,16-18,20-21H2,1-15H3,(H2,43,49);/b22-19+;/t23-,24-,25-,26+,27-,28+,29+,30-,32+,34+,35+,36-,38+,41+,42-;/m1./s1. The zero-order valence-electron chi connectivity index (χ0n) is 37.2. The molecule has 0 aliphatic carbocycles. The van der Waals surface area contributed by atoms with E-state index in [4.69, 9.17) is 38.9 Å². The molecule has 0 unspecified atom stereocenters. The third-order valence-corrected chi connectivity index (χ3v) is 12.3. The van der Waals surface area contributed by atoms with Crippen LogP contribution in [0.4, 0.5) is 4.79 Å². The molecule has 2 fully saturated rings. The van der Waals surface area contributed by atoms with Gasteiger partial charge in [-0.2, -0.15) is 0 Å². The maximum atomic E-state index is 14.5. The van der Waals surface area contributed by atoms with Gasteiger partial charge in [-0.25, -0.2) is 4.79 Å². The van der Waals surface area contributed by atoms with Crippen LogP contribution in [-0.2, 0) is 47.5 Å². The van der Waals surface area contributed by atoms with Crippen LogP contribution < -0.4 is 5.73 Å². The van der Waals surface area contributed by atoms with Gasteiger partial charge in [0, 0.05) is 80.7 Å². The number of nitrogens with two attached hydrogens (primary N) is 1. The fraction of sp³-hybridized carbons (Fsp3) is 0.857. The van der Waals surface area contributed by atoms with Crippen LogP contribution in [0, 0.1) is 73.1 Å². The molecular formula is C42H72AcN2O12. The van der Waals surface area contributed by atoms with E-state index in [9.17, 15) is 24.3 Å². The molecule has 1 amide bonds. The monoisotopic (exact) mass is 1020 g/mol. The molecule has 3 rings (SSSR count). The summed E-state index contributed by atoms with van der Waals surface area (Å²) in [5, 5.41) is 10.9. The number of hydrogen-bond donors (Lipinski definition) is 2. The van der Waals surface area contributed by atoms with Crippen molar-refractivity contribution < 1.29 is 102 Å². The summed E-state index contributed by atoms with van der Waals surface area (Å²) in [6, 6.07) is 0.0861. The number of ketones is 1. The first-order chi connectivity index (χ1) is 25.8. The fourth-order valence-corrected chi connectivity index (χ4v) is 9.15. The summed E-state index contributed by atoms with van der Waals surface area (Å²) >= 11 is 0. The van der Waals surface area contributed by atoms with E-state index in [0.29, 0.717) is 6.42 Å². The average molecular weight is 1020 g/mol. The summed E-state index contributed by atoms with van der Waals surface area (Å²) in [5.41, 5.74) is 2.39. The number of ether oxygens (including phenoxy) is 7. The second kappa shape index (κ2) is 21.1. The first-order valence-corrected chi connectivity index (χ1v) is 20.4. The third kappa shape index (κ3) is 12.7. The predicted molar refractivity (Wildman–Crippen MR) is 209 cm³/mol. The van der Waals surface area contributed by atoms with Gasteiger partial charge in [-0.05, 0) is 92.0 Å². The summed E-state index contributed by atoms with van der Waals surface area (Å²) < 4.78 is 44.7. The van der Waals surface area contributed by atoms with Gasteiger partial charge in [-0.1, -0.05) is 48.5 Å². The number of aliphatic hydroxyl groups is 1. The molecule has 3 N–H and O–H groups in total. The number of cyclic esters (lactones) is 1. The Balaban J connectivity index is 0.0000112. The van der Waals surface area contributed by atoms with Crippen LogP contribution in [0.2, 0.25) is 0 Å². The number of Topliss-reactive ketones (excluding diaryl/α,β-unsaturated/α-hetero) is 1. The summed E-state index contributed by atoms with van der Waals surface area (Å²) in [4.78, 5) is 56.5. The Bertz CT molecular complexity index is 1430. The third-order valence-electron chi connectivity index (χ3n) is 12.3. The molecule has 14 nitrogen and oxygen atoms in total. The summed E-state index contributed by atoms with van der Waals surface area (Å²) in [7, 11) is 4.00. The number of amides is 1. The van der Waals surface area contributed by atoms with Crippen molar-refractivity contribution in [1.29, 1.82) is 0 Å². The van der Waals surface area contributed by atoms with Crippen molar-refractivity contribution in [2.45, 2.75) is 189 Å². The van der Waals surface area contributed by atoms with Gasteiger partial charge in [0.25, 0.3) is 0 Å². The number of aliphatic hydroxyl groups excluding tert-OH is 1. The van der Waals surface area contributed by atoms with E-state index in [1.807, 2.05) is 55.6 Å². The Morgan fingerprint density at radius 2 is 1.56 bits per heavy atom. The van der Waals surface area contributed by atoms with Gasteiger partial charge in [-0.3, -0.25) is 14.4 Å². The van der Waals surface area contributed by atoms with Gasteiger partial charge >= 0.3 is 18.0 Å². The van der Waals surface area contributed by atoms with E-state index < -0.39 is 95.5 Å². The molecule has 0 spiro atoms. The number of primary amides is 1. The molecule has 325 valence electrons. The van der Waals surface area contributed by atoms with Crippen LogP contribution in [0.15, 0.2) is 11.6 Å². The Labute approximate surface area is 376 Å². The fourth-order valence-electron chi connectivity index (χ4n) is 9.15. The van der Waals surface area contributed by atoms with Gasteiger partial charge in [0.2, 0.25) is 0 Å². The van der Waals surface area contributed by atoms with Crippen LogP contribution in [0.5, 0.6) is 0 Å². The quantitative estimate of drug-likeness (QED) is 0.212. The molecule has 1 radical (unpaired) electrons. The summed E-state index contributed by atoms with van der Waals surface area (Å²) in [5.74, 6) is -4.16. The zero-order chi connectivity index (χ0) is 42.7. The first-order valence-electron chi connectivity index (χ1n) is 20.4. The van der Waals surface area contributed by atoms with Crippen LogP contribution >= 0.6 is 0 Å². The molecule has 15 heteroatoms. The molecule has 3 aliphatic rings. The number of carbonyl (C=O) groups is 4. The second-order valence-electron chi connectivity index (χ2n) is 18.0. The van der Waals surface area contributed by atoms with Crippen LogP contribution in [-0.4, -0.2) is 114 Å². The number of esters is 2. The molecule has 15 atom stereocenters. The van der Waals surface area contributed by atoms with Crippen molar-refractivity contribution in [3.8, 4) is 0 Å². The smallest absolute Gasteiger partial charge is 0.405 e. The van der Waals surface area contributed by atoms with Crippen molar-refractivity contribution >= 4 is 23.8 Å². The van der Waals surface area contributed by atoms with Crippen LogP contribution in [0.3, 0.4) is 0 Å². The Morgan fingerprint density at radius 3 is 2.09 bits per heavy atom. The maximum Gasteiger partial charge on any atom is 0.405 e. The molecule has 0 bridgehead atoms. The minimum absolute atomic E-state index is 0. The van der Waals surface area contributed by atoms with E-state index in [0.717, 1.165) is 6.42 Å². The predicted octanol–water partition coefficient (Wildman–Crippen LogP) is 5.70. The van der Waals surface area contributed by atoms with Crippen LogP contribution in [0.25, 0.3) is 0 Å². The number of rotatable bonds is 9. The zero-order valence-corrected chi connectivity index (χ0v) is 41.9. The number of carbonyl (C=O) groups excluding carboxylic acids is 4. The minimum atomic E-state index is -1.58. The Hall–Kier alpha value is -1.18. The van der Waals surface area contributed by atoms with E-state index in [1.54, 1.807) is 54.5 Å². The van der Waals surface area contributed by atoms with Crippen molar-refractivity contribution in [1.82, 2.24) is 4.90 Å². The van der Waals surface area contributed by atoms with Gasteiger partial charge in [0.05, 0.1) is 30.3 Å². The second-order valence-corrected chi connectivity index (χ2v) is 18.0. The Kier molecular flexibility index (Phi) is 19.2.